The van der Waals surface area contributed by atoms with Crippen molar-refractivity contribution in [3.63, 3.8) is 0 Å². The summed E-state index contributed by atoms with van der Waals surface area (Å²) in [4.78, 5) is 0. The fraction of sp³-hybridized carbons (Fsp3) is 1.00. The van der Waals surface area contributed by atoms with E-state index < -0.39 is 12.5 Å². The first kappa shape index (κ1) is 13.8. The van der Waals surface area contributed by atoms with Gasteiger partial charge in [-0.3, -0.25) is 0 Å². The minimum absolute atomic E-state index is 0.497. The van der Waals surface area contributed by atoms with Gasteiger partial charge in [-0.15, -0.1) is 22.2 Å². The predicted octanol–water partition coefficient (Wildman–Crippen LogP) is 3.86. The lowest BCUT2D eigenvalue weighted by Crippen LogP contribution is -2.45. The van der Waals surface area contributed by atoms with E-state index in [0.29, 0.717) is 6.04 Å². The number of ether oxygens (including phenoxy) is 2. The third-order valence-electron chi connectivity index (χ3n) is 2.70. The molecule has 1 fully saturated rings. The number of hydrogen-bond donors (Lipinski definition) is 0. The second-order valence-electron chi connectivity index (χ2n) is 4.10. The molecule has 0 atom stereocenters. The van der Waals surface area contributed by atoms with E-state index in [-0.39, 0.29) is 0 Å². The van der Waals surface area contributed by atoms with Crippen LogP contribution in [0.1, 0.15) is 33.1 Å². The van der Waals surface area contributed by atoms with E-state index in [1.807, 2.05) is 0 Å². The molecular formula is C10H20Cl2O2Si. The summed E-state index contributed by atoms with van der Waals surface area (Å²) in [7, 11) is 0. The molecule has 0 radical (unpaired) electrons. The summed E-state index contributed by atoms with van der Waals surface area (Å²) in [6.07, 6.45) is 2.82. The van der Waals surface area contributed by atoms with Crippen LogP contribution in [-0.4, -0.2) is 25.7 Å². The molecule has 0 aromatic heterocycles. The van der Waals surface area contributed by atoms with Crippen LogP contribution in [0, 0.1) is 0 Å². The van der Waals surface area contributed by atoms with Crippen molar-refractivity contribution in [2.75, 3.05) is 13.2 Å². The van der Waals surface area contributed by atoms with E-state index in [1.54, 1.807) is 0 Å². The van der Waals surface area contributed by atoms with Crippen LogP contribution in [0.5, 0.6) is 0 Å². The third kappa shape index (κ3) is 4.23. The maximum Gasteiger partial charge on any atom is 0.256 e. The molecule has 0 saturated carbocycles. The standard InChI is InChI=1S/C10H20Cl2O2Si/c1-3-8-15(11,12)9-10(4-2)13-6-5-7-14-10/h3-9H2,1-2H3. The molecule has 0 spiro atoms. The zero-order valence-corrected chi connectivity index (χ0v) is 12.0. The Bertz CT molecular complexity index is 194. The summed E-state index contributed by atoms with van der Waals surface area (Å²) < 4.78 is 11.5. The van der Waals surface area contributed by atoms with Crippen molar-refractivity contribution in [2.45, 2.75) is 51.0 Å². The highest BCUT2D eigenvalue weighted by Gasteiger charge is 2.42. The molecular weight excluding hydrogens is 251 g/mol. The average Bonchev–Trinajstić information content (AvgIpc) is 2.18. The van der Waals surface area contributed by atoms with Crippen molar-refractivity contribution in [1.29, 1.82) is 0 Å². The molecule has 0 unspecified atom stereocenters. The van der Waals surface area contributed by atoms with E-state index in [9.17, 15) is 0 Å². The van der Waals surface area contributed by atoms with Gasteiger partial charge in [-0.1, -0.05) is 20.3 Å². The summed E-state index contributed by atoms with van der Waals surface area (Å²) in [5.74, 6) is -0.497. The highest BCUT2D eigenvalue weighted by atomic mass is 35.7. The molecule has 0 aliphatic carbocycles. The van der Waals surface area contributed by atoms with Crippen LogP contribution in [-0.2, 0) is 9.47 Å². The lowest BCUT2D eigenvalue weighted by molar-refractivity contribution is -0.256. The maximum atomic E-state index is 6.38. The van der Waals surface area contributed by atoms with Crippen LogP contribution >= 0.6 is 22.2 Å². The molecule has 0 amide bonds. The molecule has 1 heterocycles. The third-order valence-corrected chi connectivity index (χ3v) is 6.92. The SMILES string of the molecule is CCC[Si](Cl)(Cl)CC1(CC)OCCCO1. The summed E-state index contributed by atoms with van der Waals surface area (Å²) >= 11 is 12.8. The van der Waals surface area contributed by atoms with Crippen LogP contribution in [0.2, 0.25) is 12.1 Å². The van der Waals surface area contributed by atoms with Crippen LogP contribution < -0.4 is 0 Å². The Morgan fingerprint density at radius 3 is 2.27 bits per heavy atom. The molecule has 5 heteroatoms. The largest absolute Gasteiger partial charge is 0.350 e. The van der Waals surface area contributed by atoms with Crippen LogP contribution in [0.3, 0.4) is 0 Å². The Labute approximate surface area is 103 Å². The topological polar surface area (TPSA) is 18.5 Å². The van der Waals surface area contributed by atoms with Crippen molar-refractivity contribution >= 4 is 28.9 Å². The molecule has 1 aliphatic rings. The Kier molecular flexibility index (Phi) is 5.39. The van der Waals surface area contributed by atoms with E-state index in [2.05, 4.69) is 13.8 Å². The van der Waals surface area contributed by atoms with Crippen LogP contribution in [0.15, 0.2) is 0 Å². The summed E-state index contributed by atoms with van der Waals surface area (Å²) in [6.45, 7) is 3.50. The van der Waals surface area contributed by atoms with Gasteiger partial charge in [0.15, 0.2) is 5.79 Å². The molecule has 0 aromatic carbocycles. The minimum atomic E-state index is -2.19. The zero-order valence-electron chi connectivity index (χ0n) is 9.52. The maximum absolute atomic E-state index is 6.38. The second-order valence-corrected chi connectivity index (χ2v) is 11.6. The lowest BCUT2D eigenvalue weighted by Gasteiger charge is -2.39. The average molecular weight is 271 g/mol. The van der Waals surface area contributed by atoms with Crippen molar-refractivity contribution in [3.05, 3.63) is 0 Å². The fourth-order valence-electron chi connectivity index (χ4n) is 1.90. The first-order valence-corrected chi connectivity index (χ1v) is 10.1. The van der Waals surface area contributed by atoms with Gasteiger partial charge in [0.1, 0.15) is 0 Å². The quantitative estimate of drug-likeness (QED) is 0.558. The van der Waals surface area contributed by atoms with Crippen molar-refractivity contribution in [3.8, 4) is 0 Å². The van der Waals surface area contributed by atoms with Crippen LogP contribution in [0.25, 0.3) is 0 Å². The molecule has 1 saturated heterocycles. The first-order chi connectivity index (χ1) is 7.04. The van der Waals surface area contributed by atoms with Gasteiger partial charge in [0.25, 0.3) is 6.69 Å². The van der Waals surface area contributed by atoms with Crippen molar-refractivity contribution in [1.82, 2.24) is 0 Å². The molecule has 0 bridgehead atoms. The second kappa shape index (κ2) is 5.87. The molecule has 90 valence electrons. The van der Waals surface area contributed by atoms with Crippen molar-refractivity contribution < 1.29 is 9.47 Å². The van der Waals surface area contributed by atoms with Crippen LogP contribution in [0.4, 0.5) is 0 Å². The smallest absolute Gasteiger partial charge is 0.256 e. The Balaban J connectivity index is 2.58. The van der Waals surface area contributed by atoms with Gasteiger partial charge in [-0.05, 0) is 18.9 Å². The molecule has 1 aliphatic heterocycles. The summed E-state index contributed by atoms with van der Waals surface area (Å²) in [6, 6.07) is 1.60. The molecule has 0 N–H and O–H groups in total. The number of halogens is 2. The highest BCUT2D eigenvalue weighted by molar-refractivity contribution is 7.45. The van der Waals surface area contributed by atoms with Gasteiger partial charge in [0.2, 0.25) is 0 Å². The first-order valence-electron chi connectivity index (χ1n) is 5.69. The van der Waals surface area contributed by atoms with E-state index in [4.69, 9.17) is 31.6 Å². The Morgan fingerprint density at radius 1 is 1.20 bits per heavy atom. The fourth-order valence-corrected chi connectivity index (χ4v) is 6.40. The lowest BCUT2D eigenvalue weighted by atomic mass is 10.2. The number of rotatable bonds is 5. The van der Waals surface area contributed by atoms with Gasteiger partial charge in [-0.25, -0.2) is 0 Å². The van der Waals surface area contributed by atoms with Gasteiger partial charge < -0.3 is 9.47 Å². The van der Waals surface area contributed by atoms with Gasteiger partial charge in [0, 0.05) is 6.04 Å². The number of hydrogen-bond acceptors (Lipinski definition) is 2. The summed E-state index contributed by atoms with van der Waals surface area (Å²) in [5, 5.41) is 0. The van der Waals surface area contributed by atoms with Gasteiger partial charge in [0.05, 0.1) is 13.2 Å². The Morgan fingerprint density at radius 2 is 1.80 bits per heavy atom. The Hall–Kier alpha value is 0.717. The predicted molar refractivity (Wildman–Crippen MR) is 66.9 cm³/mol. The monoisotopic (exact) mass is 270 g/mol. The van der Waals surface area contributed by atoms with E-state index in [0.717, 1.165) is 38.5 Å². The van der Waals surface area contributed by atoms with E-state index >= 15 is 0 Å². The molecule has 2 nitrogen and oxygen atoms in total. The summed E-state index contributed by atoms with van der Waals surface area (Å²) in [5.41, 5.74) is 0. The molecule has 0 aromatic rings. The van der Waals surface area contributed by atoms with Gasteiger partial charge >= 0.3 is 0 Å². The van der Waals surface area contributed by atoms with E-state index in [1.165, 1.54) is 0 Å². The molecule has 15 heavy (non-hydrogen) atoms. The van der Waals surface area contributed by atoms with Gasteiger partial charge in [-0.2, -0.15) is 0 Å². The van der Waals surface area contributed by atoms with Crippen molar-refractivity contribution in [2.24, 2.45) is 0 Å². The minimum Gasteiger partial charge on any atom is -0.350 e. The zero-order chi connectivity index (χ0) is 11.4. The highest BCUT2D eigenvalue weighted by Crippen LogP contribution is 2.38. The normalized spacial score (nSPS) is 21.6. The molecule has 1 rings (SSSR count).